The van der Waals surface area contributed by atoms with Crippen molar-refractivity contribution in [3.05, 3.63) is 0 Å². The Balaban J connectivity index is 2.95. The van der Waals surface area contributed by atoms with Gasteiger partial charge in [0, 0.05) is 12.0 Å². The molecule has 0 aromatic carbocycles. The molecule has 1 aliphatic rings. The van der Waals surface area contributed by atoms with Crippen LogP contribution in [-0.2, 0) is 14.3 Å². The summed E-state index contributed by atoms with van der Waals surface area (Å²) in [5, 5.41) is 71.2. The number of hydrogen-bond donors (Lipinski definition) is 8. The Hall–Kier alpha value is -0.890. The Kier molecular flexibility index (Phi) is 9.48. The number of rotatable bonds is 9. The van der Waals surface area contributed by atoms with Crippen LogP contribution in [0.15, 0.2) is 0 Å². The predicted molar refractivity (Wildman–Crippen MR) is 90.2 cm³/mol. The Morgan fingerprint density at radius 2 is 1.74 bits per heavy atom. The van der Waals surface area contributed by atoms with E-state index < -0.39 is 74.1 Å². The van der Waals surface area contributed by atoms with Crippen LogP contribution in [0.1, 0.15) is 20.8 Å². The van der Waals surface area contributed by atoms with E-state index in [1.165, 1.54) is 6.92 Å². The third-order valence-electron chi connectivity index (χ3n) is 4.44. The molecule has 11 heteroatoms. The molecule has 0 bridgehead atoms. The first-order valence-corrected chi connectivity index (χ1v) is 8.78. The van der Waals surface area contributed by atoms with Gasteiger partial charge in [-0.1, -0.05) is 6.92 Å². The largest absolute Gasteiger partial charge is 0.394 e. The minimum Gasteiger partial charge on any atom is -0.394 e. The molecule has 0 spiro atoms. The third kappa shape index (κ3) is 6.04. The first-order chi connectivity index (χ1) is 12.5. The molecule has 0 aliphatic carbocycles. The van der Waals surface area contributed by atoms with E-state index in [0.29, 0.717) is 0 Å². The van der Waals surface area contributed by atoms with Crippen molar-refractivity contribution >= 4 is 5.91 Å². The monoisotopic (exact) mass is 397 g/mol. The molecule has 1 saturated heterocycles. The van der Waals surface area contributed by atoms with E-state index in [4.69, 9.17) is 9.47 Å². The van der Waals surface area contributed by atoms with Gasteiger partial charge in [0.1, 0.15) is 30.5 Å². The van der Waals surface area contributed by atoms with Gasteiger partial charge in [-0.15, -0.1) is 0 Å². The van der Waals surface area contributed by atoms with Crippen LogP contribution in [0.2, 0.25) is 0 Å². The fraction of sp³-hybridized carbons (Fsp3) is 0.938. The molecule has 1 fully saturated rings. The summed E-state index contributed by atoms with van der Waals surface area (Å²) in [5.74, 6) is -1.70. The van der Waals surface area contributed by atoms with Crippen molar-refractivity contribution < 1.29 is 50.0 Å². The topological polar surface area (TPSA) is 189 Å². The number of ether oxygens (including phenoxy) is 2. The molecule has 1 amide bonds. The van der Waals surface area contributed by atoms with Gasteiger partial charge in [-0.25, -0.2) is 0 Å². The van der Waals surface area contributed by atoms with Gasteiger partial charge >= 0.3 is 0 Å². The van der Waals surface area contributed by atoms with Gasteiger partial charge in [0.15, 0.2) is 12.4 Å². The van der Waals surface area contributed by atoms with Crippen LogP contribution in [0.3, 0.4) is 0 Å². The maximum absolute atomic E-state index is 11.9. The molecule has 9 atom stereocenters. The lowest BCUT2D eigenvalue weighted by molar-refractivity contribution is -0.317. The van der Waals surface area contributed by atoms with Gasteiger partial charge in [-0.3, -0.25) is 4.79 Å². The van der Waals surface area contributed by atoms with Crippen molar-refractivity contribution in [2.24, 2.45) is 5.92 Å². The summed E-state index contributed by atoms with van der Waals surface area (Å²) in [4.78, 5) is 11.9. The summed E-state index contributed by atoms with van der Waals surface area (Å²) >= 11 is 0. The summed E-state index contributed by atoms with van der Waals surface area (Å²) in [6.45, 7) is 3.32. The van der Waals surface area contributed by atoms with E-state index in [1.807, 2.05) is 0 Å². The van der Waals surface area contributed by atoms with Crippen molar-refractivity contribution in [1.29, 1.82) is 0 Å². The molecule has 11 nitrogen and oxygen atoms in total. The average Bonchev–Trinajstić information content (AvgIpc) is 2.63. The van der Waals surface area contributed by atoms with E-state index in [-0.39, 0.29) is 6.04 Å². The number of nitrogens with one attached hydrogen (secondary N) is 1. The van der Waals surface area contributed by atoms with Gasteiger partial charge in [0.25, 0.3) is 5.91 Å². The molecule has 27 heavy (non-hydrogen) atoms. The summed E-state index contributed by atoms with van der Waals surface area (Å²) < 4.78 is 10.6. The number of carbonyl (C=O) groups excluding carboxylic acids is 1. The van der Waals surface area contributed by atoms with E-state index in [1.54, 1.807) is 13.8 Å². The highest BCUT2D eigenvalue weighted by molar-refractivity contribution is 5.81. The van der Waals surface area contributed by atoms with Crippen molar-refractivity contribution in [2.45, 2.75) is 75.8 Å². The number of aliphatic hydroxyl groups excluding tert-OH is 7. The van der Waals surface area contributed by atoms with Crippen LogP contribution in [0.5, 0.6) is 0 Å². The standard InChI is InChI=1S/C16H31NO10/c1-6(2)17-15(25)13(24)12(23)14(8(20)4-18)27-16-11(22)7(3)10(21)9(5-19)26-16/h6-14,16,18-24H,4-5H2,1-3H3,(H,17,25)/t7-,8+,9+,10+,11+,12+,13+,14+,16-/m1/s1. The fourth-order valence-corrected chi connectivity index (χ4v) is 2.75. The predicted octanol–water partition coefficient (Wildman–Crippen LogP) is -3.95. The van der Waals surface area contributed by atoms with Crippen LogP contribution in [0, 0.1) is 5.92 Å². The molecule has 0 saturated carbocycles. The second kappa shape index (κ2) is 10.6. The molecular weight excluding hydrogens is 366 g/mol. The lowest BCUT2D eigenvalue weighted by atomic mass is 9.90. The molecule has 1 heterocycles. The molecule has 0 unspecified atom stereocenters. The molecule has 8 N–H and O–H groups in total. The lowest BCUT2D eigenvalue weighted by Gasteiger charge is -2.43. The van der Waals surface area contributed by atoms with Crippen LogP contribution in [0.4, 0.5) is 0 Å². The highest BCUT2D eigenvalue weighted by Crippen LogP contribution is 2.28. The summed E-state index contributed by atoms with van der Waals surface area (Å²) in [6, 6.07) is -0.322. The summed E-state index contributed by atoms with van der Waals surface area (Å²) in [5.41, 5.74) is 0. The molecular formula is C16H31NO10. The van der Waals surface area contributed by atoms with Crippen LogP contribution >= 0.6 is 0 Å². The normalized spacial score (nSPS) is 33.4. The second-order valence-corrected chi connectivity index (χ2v) is 7.02. The molecule has 0 radical (unpaired) electrons. The van der Waals surface area contributed by atoms with E-state index >= 15 is 0 Å². The van der Waals surface area contributed by atoms with Gasteiger partial charge in [-0.05, 0) is 13.8 Å². The fourth-order valence-electron chi connectivity index (χ4n) is 2.75. The number of carbonyl (C=O) groups is 1. The van der Waals surface area contributed by atoms with Crippen molar-refractivity contribution in [3.63, 3.8) is 0 Å². The Morgan fingerprint density at radius 3 is 2.22 bits per heavy atom. The molecule has 1 rings (SSSR count). The smallest absolute Gasteiger partial charge is 0.251 e. The lowest BCUT2D eigenvalue weighted by Crippen LogP contribution is -2.59. The quantitative estimate of drug-likeness (QED) is 0.191. The van der Waals surface area contributed by atoms with Gasteiger partial charge < -0.3 is 50.5 Å². The highest BCUT2D eigenvalue weighted by atomic mass is 16.7. The SMILES string of the molecule is CC(C)NC(=O)[C@@H](O)[C@H](O)[C@@H](O[C@H]1O[C@@H](CO)[C@@H](O)[C@@H](C)[C@@H]1O)[C@@H](O)CO. The minimum atomic E-state index is -1.99. The molecule has 160 valence electrons. The Bertz CT molecular complexity index is 462. The number of hydrogen-bond acceptors (Lipinski definition) is 10. The van der Waals surface area contributed by atoms with E-state index in [2.05, 4.69) is 5.32 Å². The maximum Gasteiger partial charge on any atom is 0.251 e. The van der Waals surface area contributed by atoms with Gasteiger partial charge in [0.05, 0.1) is 19.3 Å². The van der Waals surface area contributed by atoms with Gasteiger partial charge in [-0.2, -0.15) is 0 Å². The second-order valence-electron chi connectivity index (χ2n) is 7.02. The average molecular weight is 397 g/mol. The molecule has 1 aliphatic heterocycles. The van der Waals surface area contributed by atoms with E-state index in [9.17, 15) is 40.5 Å². The zero-order valence-corrected chi connectivity index (χ0v) is 15.5. The van der Waals surface area contributed by atoms with Crippen LogP contribution < -0.4 is 5.32 Å². The summed E-state index contributed by atoms with van der Waals surface area (Å²) in [7, 11) is 0. The highest BCUT2D eigenvalue weighted by Gasteiger charge is 2.46. The van der Waals surface area contributed by atoms with Crippen molar-refractivity contribution in [1.82, 2.24) is 5.32 Å². The zero-order chi connectivity index (χ0) is 20.9. The first-order valence-electron chi connectivity index (χ1n) is 8.78. The van der Waals surface area contributed by atoms with Gasteiger partial charge in [0.2, 0.25) is 0 Å². The Morgan fingerprint density at radius 1 is 1.15 bits per heavy atom. The van der Waals surface area contributed by atoms with Crippen molar-refractivity contribution in [2.75, 3.05) is 13.2 Å². The van der Waals surface area contributed by atoms with E-state index in [0.717, 1.165) is 0 Å². The minimum absolute atomic E-state index is 0.322. The third-order valence-corrected chi connectivity index (χ3v) is 4.44. The van der Waals surface area contributed by atoms with Crippen LogP contribution in [0.25, 0.3) is 0 Å². The number of aliphatic hydroxyl groups is 7. The van der Waals surface area contributed by atoms with Crippen LogP contribution in [-0.4, -0.2) is 110 Å². The number of amides is 1. The maximum atomic E-state index is 11.9. The zero-order valence-electron chi connectivity index (χ0n) is 15.5. The molecule has 0 aromatic heterocycles. The first kappa shape index (κ1) is 24.1. The summed E-state index contributed by atoms with van der Waals surface area (Å²) in [6.07, 6.45) is -12.5. The molecule has 0 aromatic rings. The Labute approximate surface area is 157 Å². The van der Waals surface area contributed by atoms with Crippen molar-refractivity contribution in [3.8, 4) is 0 Å².